The summed E-state index contributed by atoms with van der Waals surface area (Å²) in [4.78, 5) is 6.41. The standard InChI is InChI=1S/C26H23FN4O4S2/c1-34-23-15-18(10-11-19(23)30-37(2,32)33)31-25(24(29-26(31)36)20-5-3-4-14-28-20)22-13-12-21(35-22)16-6-8-17(27)9-7-16/h3-15,24-25,30H,1-2H3,(H,29,36)/t24-,25-/m1/s1. The molecule has 3 heterocycles. The lowest BCUT2D eigenvalue weighted by Crippen LogP contribution is -2.29. The first kappa shape index (κ1) is 24.7. The van der Waals surface area contributed by atoms with Crippen molar-refractivity contribution in [3.05, 3.63) is 96.3 Å². The normalized spacial score (nSPS) is 17.5. The largest absolute Gasteiger partial charge is 0.494 e. The molecule has 0 bridgehead atoms. The average molecular weight is 539 g/mol. The smallest absolute Gasteiger partial charge is 0.229 e. The minimum atomic E-state index is -3.51. The van der Waals surface area contributed by atoms with E-state index in [2.05, 4.69) is 15.0 Å². The van der Waals surface area contributed by atoms with E-state index in [-0.39, 0.29) is 11.9 Å². The number of nitrogens with one attached hydrogen (secondary N) is 2. The summed E-state index contributed by atoms with van der Waals surface area (Å²) in [5.41, 5.74) is 2.47. The molecule has 0 unspecified atom stereocenters. The molecule has 5 rings (SSSR count). The Labute approximate surface area is 219 Å². The summed E-state index contributed by atoms with van der Waals surface area (Å²) in [6.45, 7) is 0. The Morgan fingerprint density at radius 1 is 1.11 bits per heavy atom. The Bertz CT molecular complexity index is 1540. The number of ether oxygens (including phenoxy) is 1. The van der Waals surface area contributed by atoms with E-state index in [1.54, 1.807) is 36.5 Å². The molecule has 0 aliphatic carbocycles. The van der Waals surface area contributed by atoms with Crippen molar-refractivity contribution >= 4 is 38.7 Å². The van der Waals surface area contributed by atoms with Crippen LogP contribution in [0.5, 0.6) is 5.75 Å². The highest BCUT2D eigenvalue weighted by molar-refractivity contribution is 7.92. The number of furan rings is 1. The molecule has 2 N–H and O–H groups in total. The van der Waals surface area contributed by atoms with E-state index in [9.17, 15) is 12.8 Å². The minimum Gasteiger partial charge on any atom is -0.494 e. The van der Waals surface area contributed by atoms with Crippen LogP contribution in [-0.2, 0) is 10.0 Å². The third kappa shape index (κ3) is 5.13. The van der Waals surface area contributed by atoms with Crippen LogP contribution in [0, 0.1) is 5.82 Å². The maximum atomic E-state index is 13.4. The molecule has 1 aliphatic rings. The van der Waals surface area contributed by atoms with Gasteiger partial charge in [0.2, 0.25) is 10.0 Å². The zero-order valence-corrected chi connectivity index (χ0v) is 21.5. The van der Waals surface area contributed by atoms with Crippen molar-refractivity contribution in [3.8, 4) is 17.1 Å². The monoisotopic (exact) mass is 538 g/mol. The number of hydrogen-bond acceptors (Lipinski definition) is 6. The molecule has 1 saturated heterocycles. The van der Waals surface area contributed by atoms with Gasteiger partial charge < -0.3 is 19.4 Å². The molecule has 4 aromatic rings. The molecule has 37 heavy (non-hydrogen) atoms. The fourth-order valence-corrected chi connectivity index (χ4v) is 5.23. The summed E-state index contributed by atoms with van der Waals surface area (Å²) in [6, 6.07) is 19.7. The molecule has 1 fully saturated rings. The van der Waals surface area contributed by atoms with Gasteiger partial charge >= 0.3 is 0 Å². The Morgan fingerprint density at radius 3 is 2.57 bits per heavy atom. The van der Waals surface area contributed by atoms with Crippen molar-refractivity contribution in [3.63, 3.8) is 0 Å². The minimum absolute atomic E-state index is 0.307. The van der Waals surface area contributed by atoms with Crippen molar-refractivity contribution in [1.29, 1.82) is 0 Å². The Hall–Kier alpha value is -3.96. The average Bonchev–Trinajstić information content (AvgIpc) is 3.49. The molecular formula is C26H23FN4O4S2. The van der Waals surface area contributed by atoms with Crippen LogP contribution in [0.4, 0.5) is 15.8 Å². The van der Waals surface area contributed by atoms with Gasteiger partial charge in [-0.25, -0.2) is 12.8 Å². The highest BCUT2D eigenvalue weighted by Crippen LogP contribution is 2.44. The molecule has 1 aliphatic heterocycles. The fourth-order valence-electron chi connectivity index (χ4n) is 4.32. The number of anilines is 2. The van der Waals surface area contributed by atoms with Gasteiger partial charge in [0, 0.05) is 23.5 Å². The number of rotatable bonds is 7. The highest BCUT2D eigenvalue weighted by Gasteiger charge is 2.42. The van der Waals surface area contributed by atoms with Crippen molar-refractivity contribution in [1.82, 2.24) is 10.3 Å². The van der Waals surface area contributed by atoms with Crippen molar-refractivity contribution in [2.75, 3.05) is 23.0 Å². The zero-order chi connectivity index (χ0) is 26.2. The molecule has 2 aromatic heterocycles. The second-order valence-corrected chi connectivity index (χ2v) is 10.6. The number of thiocarbonyl (C=S) groups is 1. The van der Waals surface area contributed by atoms with Crippen LogP contribution in [0.3, 0.4) is 0 Å². The second kappa shape index (κ2) is 9.83. The van der Waals surface area contributed by atoms with Gasteiger partial charge in [-0.3, -0.25) is 9.71 Å². The van der Waals surface area contributed by atoms with Gasteiger partial charge in [0.05, 0.1) is 30.8 Å². The van der Waals surface area contributed by atoms with Gasteiger partial charge in [0.1, 0.15) is 29.1 Å². The van der Waals surface area contributed by atoms with E-state index >= 15 is 0 Å². The van der Waals surface area contributed by atoms with Crippen LogP contribution in [-0.4, -0.2) is 31.9 Å². The molecule has 11 heteroatoms. The van der Waals surface area contributed by atoms with Gasteiger partial charge in [-0.15, -0.1) is 0 Å². The van der Waals surface area contributed by atoms with Crippen LogP contribution < -0.4 is 19.7 Å². The number of nitrogens with zero attached hydrogens (tertiary/aromatic N) is 2. The molecule has 8 nitrogen and oxygen atoms in total. The number of methoxy groups -OCH3 is 1. The summed E-state index contributed by atoms with van der Waals surface area (Å²) in [5.74, 6) is 1.19. The maximum Gasteiger partial charge on any atom is 0.229 e. The second-order valence-electron chi connectivity index (χ2n) is 8.46. The predicted molar refractivity (Wildman–Crippen MR) is 143 cm³/mol. The first-order chi connectivity index (χ1) is 17.7. The van der Waals surface area contributed by atoms with E-state index in [0.29, 0.717) is 33.8 Å². The molecule has 2 atom stereocenters. The van der Waals surface area contributed by atoms with E-state index in [1.165, 1.54) is 19.2 Å². The van der Waals surface area contributed by atoms with E-state index in [4.69, 9.17) is 21.4 Å². The SMILES string of the molecule is COc1cc(N2C(=S)N[C@H](c3ccccn3)[C@H]2c2ccc(-c3ccc(F)cc3)o2)ccc1NS(C)(=O)=O. The Kier molecular flexibility index (Phi) is 6.57. The Balaban J connectivity index is 1.59. The summed E-state index contributed by atoms with van der Waals surface area (Å²) in [7, 11) is -2.04. The highest BCUT2D eigenvalue weighted by atomic mass is 32.2. The van der Waals surface area contributed by atoms with Crippen molar-refractivity contribution in [2.45, 2.75) is 12.1 Å². The first-order valence-corrected chi connectivity index (χ1v) is 13.6. The van der Waals surface area contributed by atoms with Gasteiger partial charge in [0.15, 0.2) is 5.11 Å². The number of halogens is 1. The number of hydrogen-bond donors (Lipinski definition) is 2. The van der Waals surface area contributed by atoms with Crippen molar-refractivity contribution in [2.24, 2.45) is 0 Å². The summed E-state index contributed by atoms with van der Waals surface area (Å²) >= 11 is 5.74. The third-order valence-corrected chi connectivity index (χ3v) is 6.81. The van der Waals surface area contributed by atoms with Gasteiger partial charge in [0.25, 0.3) is 0 Å². The quantitative estimate of drug-likeness (QED) is 0.316. The lowest BCUT2D eigenvalue weighted by molar-refractivity contribution is 0.416. The summed E-state index contributed by atoms with van der Waals surface area (Å²) in [6.07, 6.45) is 2.78. The number of benzene rings is 2. The van der Waals surface area contributed by atoms with E-state index in [1.807, 2.05) is 35.2 Å². The number of aromatic nitrogens is 1. The van der Waals surface area contributed by atoms with Crippen LogP contribution in [0.25, 0.3) is 11.3 Å². The molecule has 2 aromatic carbocycles. The lowest BCUT2D eigenvalue weighted by Gasteiger charge is -2.26. The molecule has 0 saturated carbocycles. The van der Waals surface area contributed by atoms with E-state index in [0.717, 1.165) is 17.5 Å². The maximum absolute atomic E-state index is 13.4. The number of sulfonamides is 1. The summed E-state index contributed by atoms with van der Waals surface area (Å²) in [5, 5.41) is 3.78. The fraction of sp³-hybridized carbons (Fsp3) is 0.154. The first-order valence-electron chi connectivity index (χ1n) is 11.3. The Morgan fingerprint density at radius 2 is 1.89 bits per heavy atom. The molecule has 0 radical (unpaired) electrons. The summed E-state index contributed by atoms with van der Waals surface area (Å²) < 4.78 is 51.2. The molecule has 0 spiro atoms. The zero-order valence-electron chi connectivity index (χ0n) is 19.9. The van der Waals surface area contributed by atoms with Crippen molar-refractivity contribution < 1.29 is 22.0 Å². The molecular weight excluding hydrogens is 515 g/mol. The molecule has 190 valence electrons. The topological polar surface area (TPSA) is 96.7 Å². The van der Waals surface area contributed by atoms with Crippen LogP contribution in [0.15, 0.2) is 83.4 Å². The predicted octanol–water partition coefficient (Wildman–Crippen LogP) is 5.04. The number of pyridine rings is 1. The van der Waals surface area contributed by atoms with Gasteiger partial charge in [-0.2, -0.15) is 0 Å². The molecule has 0 amide bonds. The lowest BCUT2D eigenvalue weighted by atomic mass is 10.0. The van der Waals surface area contributed by atoms with Crippen LogP contribution >= 0.6 is 12.2 Å². The van der Waals surface area contributed by atoms with Crippen LogP contribution in [0.2, 0.25) is 0 Å². The van der Waals surface area contributed by atoms with Gasteiger partial charge in [-0.05, 0) is 72.9 Å². The van der Waals surface area contributed by atoms with Gasteiger partial charge in [-0.1, -0.05) is 6.07 Å². The van der Waals surface area contributed by atoms with E-state index < -0.39 is 16.1 Å². The van der Waals surface area contributed by atoms with Crippen LogP contribution in [0.1, 0.15) is 23.5 Å². The third-order valence-electron chi connectivity index (χ3n) is 5.90.